The van der Waals surface area contributed by atoms with Gasteiger partial charge in [-0.3, -0.25) is 9.59 Å². The van der Waals surface area contributed by atoms with E-state index in [0.29, 0.717) is 18.5 Å². The van der Waals surface area contributed by atoms with E-state index in [1.54, 1.807) is 43.9 Å². The van der Waals surface area contributed by atoms with Crippen LogP contribution >= 0.6 is 0 Å². The van der Waals surface area contributed by atoms with Crippen molar-refractivity contribution in [2.45, 2.75) is 137 Å². The highest BCUT2D eigenvalue weighted by Gasteiger charge is 2.38. The van der Waals surface area contributed by atoms with Crippen molar-refractivity contribution in [3.05, 3.63) is 29.8 Å². The molecule has 1 aromatic carbocycles. The summed E-state index contributed by atoms with van der Waals surface area (Å²) in [5.74, 6) is -0.806. The molecule has 4 unspecified atom stereocenters. The fourth-order valence-corrected chi connectivity index (χ4v) is 4.72. The van der Waals surface area contributed by atoms with Crippen LogP contribution in [0.15, 0.2) is 24.3 Å². The SMILES string of the molecule is CCCCCCCCN(C(=O)C(NC(=O)OC(C)(C)C)C(C)CC)C(C(=O)NC(C)CCC)c1cccc(O)c1. The van der Waals surface area contributed by atoms with Crippen LogP contribution in [0.2, 0.25) is 0 Å². The molecule has 0 aliphatic rings. The number of ether oxygens (including phenoxy) is 1. The Kier molecular flexibility index (Phi) is 15.7. The molecule has 40 heavy (non-hydrogen) atoms. The summed E-state index contributed by atoms with van der Waals surface area (Å²) in [6.45, 7) is 15.7. The highest BCUT2D eigenvalue weighted by Crippen LogP contribution is 2.28. The van der Waals surface area contributed by atoms with Gasteiger partial charge in [0.25, 0.3) is 0 Å². The maximum absolute atomic E-state index is 14.3. The van der Waals surface area contributed by atoms with Gasteiger partial charge in [-0.2, -0.15) is 0 Å². The van der Waals surface area contributed by atoms with Crippen molar-refractivity contribution >= 4 is 17.9 Å². The summed E-state index contributed by atoms with van der Waals surface area (Å²) in [5.41, 5.74) is -0.189. The largest absolute Gasteiger partial charge is 0.508 e. The van der Waals surface area contributed by atoms with Crippen LogP contribution in [0.25, 0.3) is 0 Å². The van der Waals surface area contributed by atoms with E-state index in [0.717, 1.165) is 44.9 Å². The summed E-state index contributed by atoms with van der Waals surface area (Å²) in [6.07, 6.45) is 7.85. The van der Waals surface area contributed by atoms with Crippen molar-refractivity contribution in [3.63, 3.8) is 0 Å². The van der Waals surface area contributed by atoms with E-state index in [2.05, 4.69) is 24.5 Å². The predicted molar refractivity (Wildman–Crippen MR) is 161 cm³/mol. The van der Waals surface area contributed by atoms with Gasteiger partial charge in [0.15, 0.2) is 0 Å². The molecule has 0 heterocycles. The van der Waals surface area contributed by atoms with Crippen LogP contribution in [-0.2, 0) is 14.3 Å². The summed E-state index contributed by atoms with van der Waals surface area (Å²) >= 11 is 0. The molecule has 3 amide bonds. The van der Waals surface area contributed by atoms with Gasteiger partial charge in [0.1, 0.15) is 23.4 Å². The quantitative estimate of drug-likeness (QED) is 0.180. The van der Waals surface area contributed by atoms with E-state index in [9.17, 15) is 19.5 Å². The monoisotopic (exact) mass is 561 g/mol. The standard InChI is InChI=1S/C32H55N3O5/c1-9-12-13-14-15-16-21-35(30(38)27(23(4)11-3)34-31(39)40-32(6,7)8)28(25-19-17-20-26(36)22-25)29(37)33-24(5)18-10-2/h17,19-20,22-24,27-28,36H,9-16,18,21H2,1-8H3,(H,33,37)(H,34,39). The molecule has 0 aliphatic carbocycles. The zero-order chi connectivity index (χ0) is 30.3. The molecule has 0 fully saturated rings. The lowest BCUT2D eigenvalue weighted by atomic mass is 9.95. The number of phenols is 1. The first kappa shape index (κ1) is 35.3. The van der Waals surface area contributed by atoms with Gasteiger partial charge in [0.05, 0.1) is 0 Å². The van der Waals surface area contributed by atoms with Crippen LogP contribution in [0, 0.1) is 5.92 Å². The molecule has 8 heteroatoms. The number of rotatable bonds is 17. The maximum atomic E-state index is 14.3. The maximum Gasteiger partial charge on any atom is 0.408 e. The first-order valence-corrected chi connectivity index (χ1v) is 15.2. The second-order valence-corrected chi connectivity index (χ2v) is 12.0. The normalized spacial score (nSPS) is 14.5. The molecule has 228 valence electrons. The van der Waals surface area contributed by atoms with E-state index in [1.807, 2.05) is 20.8 Å². The molecular weight excluding hydrogens is 506 g/mol. The fourth-order valence-electron chi connectivity index (χ4n) is 4.72. The highest BCUT2D eigenvalue weighted by atomic mass is 16.6. The van der Waals surface area contributed by atoms with E-state index in [1.165, 1.54) is 12.5 Å². The number of hydrogen-bond acceptors (Lipinski definition) is 5. The number of nitrogens with zero attached hydrogens (tertiary/aromatic N) is 1. The van der Waals surface area contributed by atoms with Crippen molar-refractivity contribution < 1.29 is 24.2 Å². The Hall–Kier alpha value is -2.77. The molecule has 8 nitrogen and oxygen atoms in total. The molecule has 3 N–H and O–H groups in total. The number of unbranched alkanes of at least 4 members (excludes halogenated alkanes) is 5. The average Bonchev–Trinajstić information content (AvgIpc) is 2.86. The molecular formula is C32H55N3O5. The Bertz CT molecular complexity index is 914. The Labute approximate surface area is 242 Å². The van der Waals surface area contributed by atoms with Crippen LogP contribution < -0.4 is 10.6 Å². The van der Waals surface area contributed by atoms with Gasteiger partial charge in [-0.05, 0) is 64.2 Å². The van der Waals surface area contributed by atoms with Crippen LogP contribution in [0.1, 0.15) is 125 Å². The highest BCUT2D eigenvalue weighted by molar-refractivity contribution is 5.92. The second-order valence-electron chi connectivity index (χ2n) is 12.0. The van der Waals surface area contributed by atoms with Crippen molar-refractivity contribution in [3.8, 4) is 5.75 Å². The number of hydrogen-bond donors (Lipinski definition) is 3. The Morgan fingerprint density at radius 3 is 2.17 bits per heavy atom. The Balaban J connectivity index is 3.49. The summed E-state index contributed by atoms with van der Waals surface area (Å²) in [4.78, 5) is 42.6. The Morgan fingerprint density at radius 1 is 0.950 bits per heavy atom. The fraction of sp³-hybridized carbons (Fsp3) is 0.719. The molecule has 0 radical (unpaired) electrons. The number of aromatic hydroxyl groups is 1. The van der Waals surface area contributed by atoms with Crippen molar-refractivity contribution in [2.24, 2.45) is 5.92 Å². The van der Waals surface area contributed by atoms with E-state index < -0.39 is 23.8 Å². The van der Waals surface area contributed by atoms with E-state index >= 15 is 0 Å². The van der Waals surface area contributed by atoms with E-state index in [-0.39, 0.29) is 29.5 Å². The van der Waals surface area contributed by atoms with Crippen LogP contribution in [-0.4, -0.2) is 52.1 Å². The summed E-state index contributed by atoms with van der Waals surface area (Å²) < 4.78 is 5.48. The number of nitrogens with one attached hydrogen (secondary N) is 2. The third-order valence-corrected chi connectivity index (χ3v) is 7.04. The molecule has 4 atom stereocenters. The van der Waals surface area contributed by atoms with Crippen LogP contribution in [0.3, 0.4) is 0 Å². The molecule has 0 aliphatic heterocycles. The third-order valence-electron chi connectivity index (χ3n) is 7.04. The first-order valence-electron chi connectivity index (χ1n) is 15.2. The number of amides is 3. The van der Waals surface area contributed by atoms with Gasteiger partial charge >= 0.3 is 6.09 Å². The van der Waals surface area contributed by atoms with Gasteiger partial charge in [-0.1, -0.05) is 84.8 Å². The first-order chi connectivity index (χ1) is 18.8. The number of benzene rings is 1. The lowest BCUT2D eigenvalue weighted by molar-refractivity contribution is -0.143. The minimum atomic E-state index is -0.957. The lowest BCUT2D eigenvalue weighted by Crippen LogP contribution is -2.55. The summed E-state index contributed by atoms with van der Waals surface area (Å²) in [6, 6.07) is 4.62. The zero-order valence-electron chi connectivity index (χ0n) is 26.2. The zero-order valence-corrected chi connectivity index (χ0v) is 26.2. The minimum absolute atomic E-state index is 0.0224. The van der Waals surface area contributed by atoms with Crippen molar-refractivity contribution in [1.82, 2.24) is 15.5 Å². The number of carbonyl (C=O) groups excluding carboxylic acids is 3. The number of phenolic OH excluding ortho intramolecular Hbond substituents is 1. The predicted octanol–water partition coefficient (Wildman–Crippen LogP) is 6.87. The number of alkyl carbamates (subject to hydrolysis) is 1. The molecule has 0 spiro atoms. The Morgan fingerprint density at radius 2 is 1.60 bits per heavy atom. The van der Waals surface area contributed by atoms with Gasteiger partial charge < -0.3 is 25.4 Å². The summed E-state index contributed by atoms with van der Waals surface area (Å²) in [5, 5.41) is 16.2. The molecule has 0 saturated heterocycles. The van der Waals surface area contributed by atoms with Gasteiger partial charge in [-0.15, -0.1) is 0 Å². The smallest absolute Gasteiger partial charge is 0.408 e. The molecule has 0 aromatic heterocycles. The minimum Gasteiger partial charge on any atom is -0.508 e. The second kappa shape index (κ2) is 17.8. The lowest BCUT2D eigenvalue weighted by Gasteiger charge is -2.36. The molecule has 1 rings (SSSR count). The van der Waals surface area contributed by atoms with E-state index in [4.69, 9.17) is 4.74 Å². The summed E-state index contributed by atoms with van der Waals surface area (Å²) in [7, 11) is 0. The molecule has 0 saturated carbocycles. The molecule has 0 bridgehead atoms. The topological polar surface area (TPSA) is 108 Å². The average molecular weight is 562 g/mol. The van der Waals surface area contributed by atoms with Gasteiger partial charge in [0.2, 0.25) is 11.8 Å². The number of carbonyl (C=O) groups is 3. The van der Waals surface area contributed by atoms with Crippen LogP contribution in [0.4, 0.5) is 4.79 Å². The van der Waals surface area contributed by atoms with Gasteiger partial charge in [0, 0.05) is 12.6 Å². The van der Waals surface area contributed by atoms with Crippen LogP contribution in [0.5, 0.6) is 5.75 Å². The molecule has 1 aromatic rings. The van der Waals surface area contributed by atoms with Crippen molar-refractivity contribution in [1.29, 1.82) is 0 Å². The van der Waals surface area contributed by atoms with Gasteiger partial charge in [-0.25, -0.2) is 4.79 Å². The van der Waals surface area contributed by atoms with Crippen molar-refractivity contribution in [2.75, 3.05) is 6.54 Å². The third kappa shape index (κ3) is 12.6.